The lowest BCUT2D eigenvalue weighted by molar-refractivity contribution is 0.240. The summed E-state index contributed by atoms with van der Waals surface area (Å²) < 4.78 is 0. The molecule has 0 aliphatic carbocycles. The van der Waals surface area contributed by atoms with Gasteiger partial charge in [0.15, 0.2) is 5.82 Å². The Bertz CT molecular complexity index is 303. The van der Waals surface area contributed by atoms with Crippen LogP contribution in [0.4, 0.5) is 0 Å². The zero-order valence-corrected chi connectivity index (χ0v) is 7.68. The molecule has 1 fully saturated rings. The van der Waals surface area contributed by atoms with E-state index in [4.69, 9.17) is 0 Å². The maximum absolute atomic E-state index is 10.7. The van der Waals surface area contributed by atoms with Crippen LogP contribution in [0.1, 0.15) is 11.9 Å². The van der Waals surface area contributed by atoms with Crippen LogP contribution in [-0.2, 0) is 4.79 Å². The van der Waals surface area contributed by atoms with Crippen molar-refractivity contribution in [2.24, 2.45) is 0 Å². The number of carbonyl (C=O) groups excluding carboxylic acids is 1. The van der Waals surface area contributed by atoms with Gasteiger partial charge in [0.2, 0.25) is 0 Å². The molecule has 1 saturated heterocycles. The number of rotatable bonds is 2. The van der Waals surface area contributed by atoms with E-state index in [-0.39, 0.29) is 6.04 Å². The summed E-state index contributed by atoms with van der Waals surface area (Å²) in [6.45, 7) is 2.16. The van der Waals surface area contributed by atoms with Crippen LogP contribution in [-0.4, -0.2) is 40.9 Å². The molecule has 1 N–H and O–H groups in total. The molecule has 1 atom stereocenters. The minimum atomic E-state index is -0.0811. The highest BCUT2D eigenvalue weighted by Crippen LogP contribution is 2.15. The van der Waals surface area contributed by atoms with E-state index in [1.54, 1.807) is 23.4 Å². The fraction of sp³-hybridized carbons (Fsp3) is 0.444. The average molecular weight is 191 g/mol. The standard InChI is InChI=1S/C9H11N4O/c14-7-13-5-4-10-6-8(13)9-11-2-1-3-12-9/h1-3,8,10H,4-6H2. The van der Waals surface area contributed by atoms with Gasteiger partial charge in [-0.25, -0.2) is 9.97 Å². The first-order valence-electron chi connectivity index (χ1n) is 4.54. The summed E-state index contributed by atoms with van der Waals surface area (Å²) in [6, 6.07) is 1.68. The molecule has 1 aromatic rings. The molecular formula is C9H11N4O. The van der Waals surface area contributed by atoms with Crippen LogP contribution >= 0.6 is 0 Å². The van der Waals surface area contributed by atoms with Crippen LogP contribution < -0.4 is 5.32 Å². The van der Waals surface area contributed by atoms with Crippen molar-refractivity contribution < 1.29 is 4.79 Å². The minimum absolute atomic E-state index is 0.0811. The molecule has 1 unspecified atom stereocenters. The smallest absolute Gasteiger partial charge is 0.312 e. The second kappa shape index (κ2) is 4.15. The second-order valence-electron chi connectivity index (χ2n) is 3.11. The Hall–Kier alpha value is -1.49. The van der Waals surface area contributed by atoms with Crippen molar-refractivity contribution in [2.75, 3.05) is 19.6 Å². The number of hydrogen-bond donors (Lipinski definition) is 1. The van der Waals surface area contributed by atoms with E-state index in [2.05, 4.69) is 15.3 Å². The molecule has 73 valence electrons. The number of aromatic nitrogens is 2. The molecule has 5 nitrogen and oxygen atoms in total. The van der Waals surface area contributed by atoms with Crippen molar-refractivity contribution in [3.05, 3.63) is 24.3 Å². The normalized spacial score (nSPS) is 22.0. The Kier molecular flexibility index (Phi) is 2.69. The first-order chi connectivity index (χ1) is 6.92. The van der Waals surface area contributed by atoms with Crippen molar-refractivity contribution in [1.82, 2.24) is 20.2 Å². The molecule has 14 heavy (non-hydrogen) atoms. The van der Waals surface area contributed by atoms with Crippen molar-refractivity contribution in [2.45, 2.75) is 6.04 Å². The maximum atomic E-state index is 10.7. The van der Waals surface area contributed by atoms with E-state index < -0.39 is 0 Å². The zero-order chi connectivity index (χ0) is 9.80. The fourth-order valence-corrected chi connectivity index (χ4v) is 1.53. The van der Waals surface area contributed by atoms with Crippen molar-refractivity contribution in [1.29, 1.82) is 0 Å². The molecule has 0 bridgehead atoms. The molecule has 1 amide bonds. The molecular weight excluding hydrogens is 180 g/mol. The monoisotopic (exact) mass is 191 g/mol. The molecule has 5 heteroatoms. The number of nitrogens with zero attached hydrogens (tertiary/aromatic N) is 3. The highest BCUT2D eigenvalue weighted by atomic mass is 16.1. The third-order valence-corrected chi connectivity index (χ3v) is 2.24. The Morgan fingerprint density at radius 1 is 1.50 bits per heavy atom. The molecule has 0 aromatic carbocycles. The summed E-state index contributed by atoms with van der Waals surface area (Å²) in [5.74, 6) is 0.669. The largest absolute Gasteiger partial charge is 0.322 e. The average Bonchev–Trinajstić information content (AvgIpc) is 2.30. The zero-order valence-electron chi connectivity index (χ0n) is 7.68. The van der Waals surface area contributed by atoms with Gasteiger partial charge in [0.25, 0.3) is 0 Å². The van der Waals surface area contributed by atoms with Gasteiger partial charge in [0, 0.05) is 32.0 Å². The van der Waals surface area contributed by atoms with Gasteiger partial charge >= 0.3 is 6.41 Å². The molecule has 0 saturated carbocycles. The van der Waals surface area contributed by atoms with E-state index in [0.717, 1.165) is 6.54 Å². The lowest BCUT2D eigenvalue weighted by Gasteiger charge is -2.31. The van der Waals surface area contributed by atoms with Crippen molar-refractivity contribution in [3.8, 4) is 0 Å². The third kappa shape index (κ3) is 1.72. The number of piperazine rings is 1. The predicted molar refractivity (Wildman–Crippen MR) is 50.0 cm³/mol. The SMILES string of the molecule is O=[C]N1CCNCC1c1ncccn1. The quantitative estimate of drug-likeness (QED) is 0.684. The molecule has 2 heterocycles. The van der Waals surface area contributed by atoms with E-state index in [9.17, 15) is 4.79 Å². The summed E-state index contributed by atoms with van der Waals surface area (Å²) in [7, 11) is 0. The van der Waals surface area contributed by atoms with Gasteiger partial charge in [-0.15, -0.1) is 0 Å². The van der Waals surface area contributed by atoms with Crippen LogP contribution in [0.3, 0.4) is 0 Å². The predicted octanol–water partition coefficient (Wildman–Crippen LogP) is -0.510. The Labute approximate surface area is 82.2 Å². The number of hydrogen-bond acceptors (Lipinski definition) is 4. The Morgan fingerprint density at radius 2 is 2.29 bits per heavy atom. The molecule has 1 aliphatic rings. The second-order valence-corrected chi connectivity index (χ2v) is 3.11. The van der Waals surface area contributed by atoms with Gasteiger partial charge in [-0.3, -0.25) is 4.79 Å². The summed E-state index contributed by atoms with van der Waals surface area (Å²) in [4.78, 5) is 20.5. The summed E-state index contributed by atoms with van der Waals surface area (Å²) in [5, 5.41) is 3.20. The summed E-state index contributed by atoms with van der Waals surface area (Å²) in [6.07, 6.45) is 5.28. The van der Waals surface area contributed by atoms with Crippen LogP contribution in [0.15, 0.2) is 18.5 Å². The lowest BCUT2D eigenvalue weighted by atomic mass is 10.2. The van der Waals surface area contributed by atoms with Crippen LogP contribution in [0.2, 0.25) is 0 Å². The van der Waals surface area contributed by atoms with Crippen molar-refractivity contribution >= 4 is 6.41 Å². The van der Waals surface area contributed by atoms with E-state index in [0.29, 0.717) is 18.9 Å². The Morgan fingerprint density at radius 3 is 3.00 bits per heavy atom. The van der Waals surface area contributed by atoms with E-state index >= 15 is 0 Å². The van der Waals surface area contributed by atoms with Gasteiger partial charge in [0.1, 0.15) is 6.04 Å². The first kappa shape index (κ1) is 9.08. The fourth-order valence-electron chi connectivity index (χ4n) is 1.53. The molecule has 0 spiro atoms. The van der Waals surface area contributed by atoms with Crippen molar-refractivity contribution in [3.63, 3.8) is 0 Å². The Balaban J connectivity index is 2.19. The molecule has 1 aliphatic heterocycles. The maximum Gasteiger partial charge on any atom is 0.312 e. The summed E-state index contributed by atoms with van der Waals surface area (Å²) in [5.41, 5.74) is 0. The van der Waals surface area contributed by atoms with Gasteiger partial charge in [0.05, 0.1) is 0 Å². The first-order valence-corrected chi connectivity index (χ1v) is 4.54. The van der Waals surface area contributed by atoms with Crippen LogP contribution in [0.5, 0.6) is 0 Å². The van der Waals surface area contributed by atoms with Gasteiger partial charge < -0.3 is 10.2 Å². The molecule has 2 rings (SSSR count). The van der Waals surface area contributed by atoms with E-state index in [1.165, 1.54) is 0 Å². The number of amides is 1. The van der Waals surface area contributed by atoms with E-state index in [1.807, 2.05) is 6.41 Å². The molecule has 1 radical (unpaired) electrons. The third-order valence-electron chi connectivity index (χ3n) is 2.24. The number of nitrogens with one attached hydrogen (secondary N) is 1. The summed E-state index contributed by atoms with van der Waals surface area (Å²) >= 11 is 0. The highest BCUT2D eigenvalue weighted by Gasteiger charge is 2.24. The van der Waals surface area contributed by atoms with Crippen LogP contribution in [0, 0.1) is 0 Å². The molecule has 1 aromatic heterocycles. The topological polar surface area (TPSA) is 58.1 Å². The van der Waals surface area contributed by atoms with Crippen LogP contribution in [0.25, 0.3) is 0 Å². The highest BCUT2D eigenvalue weighted by molar-refractivity contribution is 5.49. The van der Waals surface area contributed by atoms with Gasteiger partial charge in [-0.1, -0.05) is 0 Å². The van der Waals surface area contributed by atoms with Gasteiger partial charge in [-0.2, -0.15) is 0 Å². The van der Waals surface area contributed by atoms with Gasteiger partial charge in [-0.05, 0) is 6.07 Å². The lowest BCUT2D eigenvalue weighted by Crippen LogP contribution is -2.45. The minimum Gasteiger partial charge on any atom is -0.322 e.